The number of carbonyl (C=O) groups excluding carboxylic acids is 2. The summed E-state index contributed by atoms with van der Waals surface area (Å²) >= 11 is 12.1. The Morgan fingerprint density at radius 2 is 1.68 bits per heavy atom. The molecule has 1 aliphatic carbocycles. The van der Waals surface area contributed by atoms with Gasteiger partial charge in [0.25, 0.3) is 0 Å². The summed E-state index contributed by atoms with van der Waals surface area (Å²) in [5.74, 6) is -0.943. The Balaban J connectivity index is 1.95. The first-order valence-electron chi connectivity index (χ1n) is 9.99. The van der Waals surface area contributed by atoms with Crippen LogP contribution in [0.5, 0.6) is 0 Å². The van der Waals surface area contributed by atoms with Crippen LogP contribution in [0.4, 0.5) is 18.0 Å². The number of hydrogen-bond donors (Lipinski definition) is 0. The molecule has 0 bridgehead atoms. The molecule has 0 radical (unpaired) electrons. The van der Waals surface area contributed by atoms with Gasteiger partial charge in [-0.1, -0.05) is 29.3 Å². The Kier molecular flexibility index (Phi) is 6.21. The van der Waals surface area contributed by atoms with Gasteiger partial charge in [0.05, 0.1) is 16.1 Å². The second-order valence-electron chi connectivity index (χ2n) is 9.21. The van der Waals surface area contributed by atoms with Gasteiger partial charge in [0.2, 0.25) is 5.91 Å². The highest BCUT2D eigenvalue weighted by atomic mass is 35.5. The summed E-state index contributed by atoms with van der Waals surface area (Å²) in [7, 11) is 0. The fourth-order valence-corrected chi connectivity index (χ4v) is 4.11. The van der Waals surface area contributed by atoms with Crippen LogP contribution < -0.4 is 0 Å². The van der Waals surface area contributed by atoms with Crippen molar-refractivity contribution in [3.8, 4) is 0 Å². The maximum Gasteiger partial charge on any atom is 0.410 e. The molecule has 2 aliphatic rings. The number of piperazine rings is 1. The monoisotopic (exact) mass is 480 g/mol. The fourth-order valence-electron chi connectivity index (χ4n) is 3.80. The zero-order chi connectivity index (χ0) is 23.4. The molecule has 1 aromatic carbocycles. The number of amides is 2. The third-order valence-corrected chi connectivity index (χ3v) is 6.40. The molecule has 0 aromatic heterocycles. The Morgan fingerprint density at radius 1 is 1.06 bits per heavy atom. The quantitative estimate of drug-likeness (QED) is 0.533. The average molecular weight is 481 g/mol. The van der Waals surface area contributed by atoms with E-state index in [-0.39, 0.29) is 31.0 Å². The molecule has 5 nitrogen and oxygen atoms in total. The van der Waals surface area contributed by atoms with Gasteiger partial charge in [-0.2, -0.15) is 13.2 Å². The molecule has 1 heterocycles. The molecule has 1 aromatic rings. The fraction of sp³-hybridized carbons (Fsp3) is 0.619. The lowest BCUT2D eigenvalue weighted by atomic mass is 9.96. The van der Waals surface area contributed by atoms with E-state index in [4.69, 9.17) is 27.9 Å². The molecule has 1 saturated carbocycles. The third-order valence-electron chi connectivity index (χ3n) is 5.66. The van der Waals surface area contributed by atoms with Gasteiger partial charge in [0, 0.05) is 19.1 Å². The van der Waals surface area contributed by atoms with Crippen LogP contribution in [0.2, 0.25) is 10.0 Å². The van der Waals surface area contributed by atoms with Crippen molar-refractivity contribution in [2.45, 2.75) is 64.4 Å². The highest BCUT2D eigenvalue weighted by molar-refractivity contribution is 6.42. The molecule has 172 valence electrons. The predicted molar refractivity (Wildman–Crippen MR) is 111 cm³/mol. The number of carbonyl (C=O) groups is 2. The molecule has 2 fully saturated rings. The molecule has 3 rings (SSSR count). The van der Waals surface area contributed by atoms with Crippen LogP contribution in [0.15, 0.2) is 18.2 Å². The van der Waals surface area contributed by atoms with E-state index in [2.05, 4.69) is 0 Å². The van der Waals surface area contributed by atoms with Gasteiger partial charge in [0.1, 0.15) is 11.0 Å². The molecule has 2 atom stereocenters. The number of rotatable bonds is 2. The maximum absolute atomic E-state index is 13.6. The molecule has 0 spiro atoms. The van der Waals surface area contributed by atoms with Crippen LogP contribution >= 0.6 is 23.2 Å². The van der Waals surface area contributed by atoms with Crippen LogP contribution in [0, 0.1) is 5.41 Å². The number of ether oxygens (including phenoxy) is 1. The van der Waals surface area contributed by atoms with Crippen molar-refractivity contribution in [1.29, 1.82) is 0 Å². The lowest BCUT2D eigenvalue weighted by Gasteiger charge is -2.46. The minimum Gasteiger partial charge on any atom is -0.444 e. The number of alkyl halides is 3. The summed E-state index contributed by atoms with van der Waals surface area (Å²) in [6.07, 6.45) is -5.65. The van der Waals surface area contributed by atoms with Gasteiger partial charge in [-0.15, -0.1) is 0 Å². The van der Waals surface area contributed by atoms with Crippen LogP contribution in [-0.2, 0) is 9.53 Å². The summed E-state index contributed by atoms with van der Waals surface area (Å²) in [4.78, 5) is 28.5. The van der Waals surface area contributed by atoms with Crippen LogP contribution in [0.1, 0.15) is 52.1 Å². The summed E-state index contributed by atoms with van der Waals surface area (Å²) in [6.45, 7) is 6.73. The minimum atomic E-state index is -4.61. The van der Waals surface area contributed by atoms with E-state index in [1.165, 1.54) is 9.80 Å². The van der Waals surface area contributed by atoms with Gasteiger partial charge < -0.3 is 9.64 Å². The van der Waals surface area contributed by atoms with Crippen molar-refractivity contribution in [2.75, 3.05) is 13.1 Å². The van der Waals surface area contributed by atoms with E-state index >= 15 is 0 Å². The predicted octanol–water partition coefficient (Wildman–Crippen LogP) is 5.84. The highest BCUT2D eigenvalue weighted by Crippen LogP contribution is 2.59. The first-order chi connectivity index (χ1) is 14.2. The van der Waals surface area contributed by atoms with E-state index in [0.29, 0.717) is 10.6 Å². The van der Waals surface area contributed by atoms with Crippen molar-refractivity contribution in [2.24, 2.45) is 5.41 Å². The number of halogens is 5. The number of hydrogen-bond acceptors (Lipinski definition) is 3. The first-order valence-corrected chi connectivity index (χ1v) is 10.7. The van der Waals surface area contributed by atoms with Gasteiger partial charge >= 0.3 is 12.3 Å². The summed E-state index contributed by atoms with van der Waals surface area (Å²) < 4.78 is 46.2. The third kappa shape index (κ3) is 4.75. The standard InChI is InChI=1S/C21H25Cl2F3N2O3/c1-12-10-28(18(30)31-19(2,3)4)16(13-5-6-14(22)15(23)9-13)11-27(12)17(29)20(7-8-20)21(24,25)26/h5-6,9,12,16H,7-8,10-11H2,1-4H3/t12?,16-/m1/s1. The molecule has 10 heteroatoms. The summed E-state index contributed by atoms with van der Waals surface area (Å²) in [6, 6.07) is 3.41. The van der Waals surface area contributed by atoms with E-state index in [9.17, 15) is 22.8 Å². The van der Waals surface area contributed by atoms with Crippen molar-refractivity contribution < 1.29 is 27.5 Å². The summed E-state index contributed by atoms with van der Waals surface area (Å²) in [5, 5.41) is 0.550. The average Bonchev–Trinajstić information content (AvgIpc) is 3.44. The van der Waals surface area contributed by atoms with Gasteiger partial charge in [0.15, 0.2) is 0 Å². The normalized spacial score (nSPS) is 23.5. The number of benzene rings is 1. The Labute approximate surface area is 189 Å². The largest absolute Gasteiger partial charge is 0.444 e. The van der Waals surface area contributed by atoms with Crippen LogP contribution in [0.3, 0.4) is 0 Å². The highest BCUT2D eigenvalue weighted by Gasteiger charge is 2.70. The van der Waals surface area contributed by atoms with Gasteiger partial charge in [-0.3, -0.25) is 9.69 Å². The van der Waals surface area contributed by atoms with Crippen LogP contribution in [0.25, 0.3) is 0 Å². The molecule has 2 amide bonds. The van der Waals surface area contributed by atoms with E-state index in [0.717, 1.165) is 0 Å². The lowest BCUT2D eigenvalue weighted by molar-refractivity contribution is -0.201. The van der Waals surface area contributed by atoms with Crippen molar-refractivity contribution in [3.05, 3.63) is 33.8 Å². The van der Waals surface area contributed by atoms with Crippen LogP contribution in [-0.4, -0.2) is 52.7 Å². The molecule has 1 saturated heterocycles. The molecule has 0 N–H and O–H groups in total. The topological polar surface area (TPSA) is 49.9 Å². The van der Waals surface area contributed by atoms with Gasteiger partial charge in [-0.05, 0) is 58.2 Å². The Hall–Kier alpha value is -1.67. The van der Waals surface area contributed by atoms with E-state index < -0.39 is 41.3 Å². The van der Waals surface area contributed by atoms with Crippen molar-refractivity contribution >= 4 is 35.2 Å². The smallest absolute Gasteiger partial charge is 0.410 e. The van der Waals surface area contributed by atoms with Crippen molar-refractivity contribution in [3.63, 3.8) is 0 Å². The van der Waals surface area contributed by atoms with Gasteiger partial charge in [-0.25, -0.2) is 4.79 Å². The Morgan fingerprint density at radius 3 is 2.16 bits per heavy atom. The first kappa shape index (κ1) is 24.0. The maximum atomic E-state index is 13.6. The molecular weight excluding hydrogens is 456 g/mol. The molecule has 31 heavy (non-hydrogen) atoms. The summed E-state index contributed by atoms with van der Waals surface area (Å²) in [5.41, 5.74) is -2.52. The zero-order valence-corrected chi connectivity index (χ0v) is 19.2. The van der Waals surface area contributed by atoms with E-state index in [1.54, 1.807) is 45.9 Å². The lowest BCUT2D eigenvalue weighted by Crippen LogP contribution is -2.59. The second kappa shape index (κ2) is 8.03. The van der Waals surface area contributed by atoms with E-state index in [1.807, 2.05) is 0 Å². The second-order valence-corrected chi connectivity index (χ2v) is 10.0. The van der Waals surface area contributed by atoms with Crippen molar-refractivity contribution in [1.82, 2.24) is 9.80 Å². The Bertz CT molecular complexity index is 882. The number of nitrogens with zero attached hydrogens (tertiary/aromatic N) is 2. The molecular formula is C21H25Cl2F3N2O3. The molecule has 1 aliphatic heterocycles. The SMILES string of the molecule is CC1CN(C(=O)OC(C)(C)C)[C@@H](c2ccc(Cl)c(Cl)c2)CN1C(=O)C1(C(F)(F)F)CC1. The zero-order valence-electron chi connectivity index (χ0n) is 17.7. The minimum absolute atomic E-state index is 0.0273. The molecule has 1 unspecified atom stereocenters.